The van der Waals surface area contributed by atoms with Crippen LogP contribution in [0.3, 0.4) is 0 Å². The zero-order valence-electron chi connectivity index (χ0n) is 19.3. The molecule has 5 rings (SSSR count). The largest absolute Gasteiger partial charge is 0.471 e. The number of halogens is 4. The normalized spacial score (nSPS) is 19.8. The van der Waals surface area contributed by atoms with Crippen molar-refractivity contribution in [2.75, 3.05) is 10.2 Å². The van der Waals surface area contributed by atoms with Crippen LogP contribution in [0.5, 0.6) is 0 Å². The van der Waals surface area contributed by atoms with Crippen molar-refractivity contribution in [2.45, 2.75) is 37.9 Å². The maximum atomic E-state index is 13.9. The fourth-order valence-electron chi connectivity index (χ4n) is 4.98. The summed E-state index contributed by atoms with van der Waals surface area (Å²) < 4.78 is 41.8. The van der Waals surface area contributed by atoms with Crippen LogP contribution in [0.2, 0.25) is 5.02 Å². The number of carbonyl (C=O) groups excluding carboxylic acids is 2. The summed E-state index contributed by atoms with van der Waals surface area (Å²) in [4.78, 5) is 27.3. The van der Waals surface area contributed by atoms with Gasteiger partial charge in [-0.15, -0.1) is 0 Å². The van der Waals surface area contributed by atoms with Gasteiger partial charge in [0, 0.05) is 22.7 Å². The van der Waals surface area contributed by atoms with Gasteiger partial charge >= 0.3 is 12.1 Å². The van der Waals surface area contributed by atoms with Crippen molar-refractivity contribution in [1.29, 1.82) is 0 Å². The molecule has 1 aliphatic heterocycles. The number of allylic oxidation sites excluding steroid dienone is 1. The topological polar surface area (TPSA) is 49.4 Å². The Labute approximate surface area is 211 Å². The number of nitrogens with one attached hydrogen (secondary N) is 1. The van der Waals surface area contributed by atoms with Gasteiger partial charge in [-0.25, -0.2) is 0 Å². The maximum Gasteiger partial charge on any atom is 0.471 e. The third kappa shape index (κ3) is 4.39. The maximum absolute atomic E-state index is 13.9. The second kappa shape index (κ2) is 9.13. The molecule has 1 aliphatic carbocycles. The van der Waals surface area contributed by atoms with Crippen LogP contribution in [0.15, 0.2) is 84.1 Å². The average Bonchev–Trinajstić information content (AvgIpc) is 2.98. The zero-order valence-corrected chi connectivity index (χ0v) is 20.0. The van der Waals surface area contributed by atoms with E-state index >= 15 is 0 Å². The molecule has 3 aromatic carbocycles. The Hall–Kier alpha value is -3.58. The first-order valence-corrected chi connectivity index (χ1v) is 11.9. The Balaban J connectivity index is 1.72. The van der Waals surface area contributed by atoms with Gasteiger partial charge in [-0.2, -0.15) is 13.2 Å². The molecule has 1 N–H and O–H groups in total. The second-order valence-electron chi connectivity index (χ2n) is 9.10. The fraction of sp³-hybridized carbons (Fsp3) is 0.214. The Morgan fingerprint density at radius 3 is 2.25 bits per heavy atom. The van der Waals surface area contributed by atoms with Gasteiger partial charge < -0.3 is 5.32 Å². The summed E-state index contributed by atoms with van der Waals surface area (Å²) in [7, 11) is 0. The molecule has 0 fully saturated rings. The molecule has 1 heterocycles. The van der Waals surface area contributed by atoms with E-state index < -0.39 is 18.1 Å². The number of hydrogen-bond acceptors (Lipinski definition) is 3. The summed E-state index contributed by atoms with van der Waals surface area (Å²) in [6.45, 7) is 1.86. The van der Waals surface area contributed by atoms with Gasteiger partial charge in [0.15, 0.2) is 5.78 Å². The van der Waals surface area contributed by atoms with Crippen molar-refractivity contribution >= 4 is 34.7 Å². The number of rotatable bonds is 2. The van der Waals surface area contributed by atoms with Crippen LogP contribution in [0.25, 0.3) is 0 Å². The Morgan fingerprint density at radius 2 is 1.58 bits per heavy atom. The molecule has 0 aromatic heterocycles. The first-order chi connectivity index (χ1) is 17.1. The molecule has 0 saturated heterocycles. The van der Waals surface area contributed by atoms with Gasteiger partial charge in [-0.3, -0.25) is 14.5 Å². The number of nitrogens with zero attached hydrogens (tertiary/aromatic N) is 1. The molecule has 0 unspecified atom stereocenters. The Morgan fingerprint density at radius 1 is 0.944 bits per heavy atom. The third-order valence-electron chi connectivity index (χ3n) is 6.68. The minimum atomic E-state index is -5.13. The van der Waals surface area contributed by atoms with Gasteiger partial charge in [-0.05, 0) is 54.7 Å². The number of aryl methyl sites for hydroxylation is 1. The predicted molar refractivity (Wildman–Crippen MR) is 133 cm³/mol. The summed E-state index contributed by atoms with van der Waals surface area (Å²) in [6, 6.07) is 19.2. The lowest BCUT2D eigenvalue weighted by Crippen LogP contribution is -2.45. The zero-order chi connectivity index (χ0) is 25.6. The molecule has 0 saturated carbocycles. The highest BCUT2D eigenvalue weighted by Gasteiger charge is 2.49. The second-order valence-corrected chi connectivity index (χ2v) is 9.54. The van der Waals surface area contributed by atoms with E-state index in [0.29, 0.717) is 28.4 Å². The van der Waals surface area contributed by atoms with Crippen LogP contribution in [-0.4, -0.2) is 17.9 Å². The van der Waals surface area contributed by atoms with Crippen LogP contribution in [-0.2, 0) is 9.59 Å². The number of Topliss-reactive ketones (excluding diaryl/α,β-unsaturated/α-hetero) is 1. The molecule has 0 radical (unpaired) electrons. The van der Waals surface area contributed by atoms with E-state index in [1.807, 2.05) is 19.1 Å². The molecule has 2 atom stereocenters. The molecule has 0 spiro atoms. The van der Waals surface area contributed by atoms with E-state index in [1.54, 1.807) is 54.6 Å². The standard InChI is InChI=1S/C28H22ClF3N2O2/c1-16-6-8-18(9-7-16)26-25-22(14-19(15-24(25)35)17-10-12-20(29)13-11-17)33-21-4-2-3-5-23(21)34(26)27(36)28(30,31)32/h2-13,19,26,33H,14-15H2,1H3/t19-,26-/m0/s1. The van der Waals surface area contributed by atoms with E-state index in [2.05, 4.69) is 5.32 Å². The quantitative estimate of drug-likeness (QED) is 0.399. The lowest BCUT2D eigenvalue weighted by molar-refractivity contribution is -0.170. The molecule has 2 aliphatic rings. The Kier molecular flexibility index (Phi) is 6.12. The van der Waals surface area contributed by atoms with Crippen LogP contribution in [0.4, 0.5) is 24.5 Å². The van der Waals surface area contributed by atoms with Crippen molar-refractivity contribution in [1.82, 2.24) is 0 Å². The number of amides is 1. The van der Waals surface area contributed by atoms with Crippen LogP contribution in [0, 0.1) is 6.92 Å². The van der Waals surface area contributed by atoms with Crippen molar-refractivity contribution in [3.63, 3.8) is 0 Å². The fourth-order valence-corrected chi connectivity index (χ4v) is 5.11. The Bertz CT molecular complexity index is 1360. The number of ketones is 1. The third-order valence-corrected chi connectivity index (χ3v) is 6.94. The molecule has 4 nitrogen and oxygen atoms in total. The number of hydrogen-bond donors (Lipinski definition) is 1. The highest BCUT2D eigenvalue weighted by atomic mass is 35.5. The monoisotopic (exact) mass is 510 g/mol. The van der Waals surface area contributed by atoms with Crippen molar-refractivity contribution in [3.8, 4) is 0 Å². The highest BCUT2D eigenvalue weighted by molar-refractivity contribution is 6.30. The summed E-state index contributed by atoms with van der Waals surface area (Å²) in [5, 5.41) is 3.79. The van der Waals surface area contributed by atoms with Gasteiger partial charge in [0.1, 0.15) is 0 Å². The molecular weight excluding hydrogens is 489 g/mol. The molecule has 1 amide bonds. The minimum Gasteiger partial charge on any atom is -0.357 e. The van der Waals surface area contributed by atoms with Gasteiger partial charge in [0.25, 0.3) is 0 Å². The van der Waals surface area contributed by atoms with Gasteiger partial charge in [0.2, 0.25) is 0 Å². The van der Waals surface area contributed by atoms with Crippen LogP contribution >= 0.6 is 11.6 Å². The predicted octanol–water partition coefficient (Wildman–Crippen LogP) is 7.11. The molecular formula is C28H22ClF3N2O2. The average molecular weight is 511 g/mol. The smallest absolute Gasteiger partial charge is 0.357 e. The first kappa shape index (κ1) is 24.1. The summed E-state index contributed by atoms with van der Waals surface area (Å²) in [5.41, 5.74) is 3.35. The van der Waals surface area contributed by atoms with E-state index in [9.17, 15) is 22.8 Å². The van der Waals surface area contributed by atoms with E-state index in [1.165, 1.54) is 6.07 Å². The lowest BCUT2D eigenvalue weighted by atomic mass is 9.78. The van der Waals surface area contributed by atoms with Crippen LogP contribution < -0.4 is 10.2 Å². The molecule has 3 aromatic rings. The number of benzene rings is 3. The molecule has 36 heavy (non-hydrogen) atoms. The van der Waals surface area contributed by atoms with Crippen molar-refractivity contribution in [2.24, 2.45) is 0 Å². The van der Waals surface area contributed by atoms with Crippen molar-refractivity contribution in [3.05, 3.63) is 106 Å². The van der Waals surface area contributed by atoms with E-state index in [0.717, 1.165) is 16.0 Å². The molecule has 0 bridgehead atoms. The summed E-state index contributed by atoms with van der Waals surface area (Å²) >= 11 is 6.03. The van der Waals surface area contributed by atoms with E-state index in [-0.39, 0.29) is 29.4 Å². The number of fused-ring (bicyclic) bond motifs is 1. The number of para-hydroxylation sites is 2. The van der Waals surface area contributed by atoms with Crippen molar-refractivity contribution < 1.29 is 22.8 Å². The minimum absolute atomic E-state index is 0.0654. The number of anilines is 2. The highest BCUT2D eigenvalue weighted by Crippen LogP contribution is 2.48. The van der Waals surface area contributed by atoms with E-state index in [4.69, 9.17) is 11.6 Å². The first-order valence-electron chi connectivity index (χ1n) is 11.5. The summed E-state index contributed by atoms with van der Waals surface area (Å²) in [6.07, 6.45) is -4.63. The molecule has 184 valence electrons. The lowest BCUT2D eigenvalue weighted by Gasteiger charge is -2.35. The summed E-state index contributed by atoms with van der Waals surface area (Å²) in [5.74, 6) is -2.51. The molecule has 8 heteroatoms. The van der Waals surface area contributed by atoms with Gasteiger partial charge in [0.05, 0.1) is 17.4 Å². The van der Waals surface area contributed by atoms with Gasteiger partial charge in [-0.1, -0.05) is 65.7 Å². The SMILES string of the molecule is Cc1ccc([C@H]2C3=C(C[C@H](c4ccc(Cl)cc4)CC3=O)Nc3ccccc3N2C(=O)C(F)(F)F)cc1. The number of alkyl halides is 3. The number of carbonyl (C=O) groups is 2. The van der Waals surface area contributed by atoms with Crippen LogP contribution in [0.1, 0.15) is 41.5 Å².